The van der Waals surface area contributed by atoms with Crippen LogP contribution in [-0.4, -0.2) is 9.13 Å². The summed E-state index contributed by atoms with van der Waals surface area (Å²) in [6.45, 7) is 9.45. The van der Waals surface area contributed by atoms with Crippen molar-refractivity contribution in [3.8, 4) is 11.4 Å². The standard InChI is InChI=1S/C66H46N2OS2/c1-65(2,41-23-29-61-51(35-41)53-37-43(25-31-63(53)70-61)67-55-17-9-5-13-45(55)46-14-6-10-18-56(46)67)39-21-27-59-49(33-39)50-34-40(22-28-60(50)69-59)66(3,4)42-24-30-62-52(36-42)54-38-44(26-32-64(54)71-62)68-57-19-11-7-15-47(57)48-16-8-12-20-58(48)68/h5-38H,1-4H3. The van der Waals surface area contributed by atoms with Crippen molar-refractivity contribution in [1.82, 2.24) is 9.13 Å². The second-order valence-corrected chi connectivity index (χ2v) is 22.7. The summed E-state index contributed by atoms with van der Waals surface area (Å²) in [4.78, 5) is 0. The highest BCUT2D eigenvalue weighted by Crippen LogP contribution is 2.45. The second kappa shape index (κ2) is 14.8. The average molecular weight is 947 g/mol. The summed E-state index contributed by atoms with van der Waals surface area (Å²) in [6, 6.07) is 76.9. The van der Waals surface area contributed by atoms with E-state index in [2.05, 4.69) is 243 Å². The van der Waals surface area contributed by atoms with Crippen LogP contribution in [0.5, 0.6) is 0 Å². The third kappa shape index (κ3) is 5.94. The predicted octanol–water partition coefficient (Wildman–Crippen LogP) is 19.2. The predicted molar refractivity (Wildman–Crippen MR) is 305 cm³/mol. The van der Waals surface area contributed by atoms with Gasteiger partial charge in [-0.25, -0.2) is 0 Å². The quantitative estimate of drug-likeness (QED) is 0.163. The molecule has 0 fully saturated rings. The molecule has 0 aliphatic heterocycles. The molecular weight excluding hydrogens is 901 g/mol. The van der Waals surface area contributed by atoms with Gasteiger partial charge in [0, 0.05) is 94.9 Å². The van der Waals surface area contributed by atoms with Gasteiger partial charge in [0.15, 0.2) is 0 Å². The molecule has 0 atom stereocenters. The van der Waals surface area contributed by atoms with E-state index >= 15 is 0 Å². The maximum absolute atomic E-state index is 6.58. The highest BCUT2D eigenvalue weighted by molar-refractivity contribution is 7.26. The highest BCUT2D eigenvalue weighted by Gasteiger charge is 2.28. The molecule has 15 aromatic rings. The van der Waals surface area contributed by atoms with Gasteiger partial charge in [0.25, 0.3) is 0 Å². The SMILES string of the molecule is CC(C)(c1ccc2oc3ccc(C(C)(C)c4ccc5sc6ccc(-n7c8ccccc8c8ccccc87)cc6c5c4)cc3c2c1)c1ccc2sc3ccc(-n4c5ccccc5c5ccccc54)cc3c2c1. The first-order valence-electron chi connectivity index (χ1n) is 24.6. The minimum absolute atomic E-state index is 0.276. The van der Waals surface area contributed by atoms with Gasteiger partial charge in [0.2, 0.25) is 0 Å². The van der Waals surface area contributed by atoms with E-state index in [1.807, 2.05) is 22.7 Å². The molecule has 0 bridgehead atoms. The number of nitrogens with zero attached hydrogens (tertiary/aromatic N) is 2. The van der Waals surface area contributed by atoms with Crippen LogP contribution in [0.2, 0.25) is 0 Å². The van der Waals surface area contributed by atoms with Gasteiger partial charge in [-0.15, -0.1) is 22.7 Å². The topological polar surface area (TPSA) is 23.0 Å². The van der Waals surface area contributed by atoms with Crippen molar-refractivity contribution in [1.29, 1.82) is 0 Å². The molecule has 0 saturated carbocycles. The number of benzene rings is 10. The van der Waals surface area contributed by atoms with E-state index < -0.39 is 0 Å². The van der Waals surface area contributed by atoms with Crippen molar-refractivity contribution in [2.45, 2.75) is 38.5 Å². The summed E-state index contributed by atoms with van der Waals surface area (Å²) in [6.07, 6.45) is 0. The van der Waals surface area contributed by atoms with E-state index in [0.717, 1.165) is 21.9 Å². The summed E-state index contributed by atoms with van der Waals surface area (Å²) in [5.74, 6) is 0. The van der Waals surface area contributed by atoms with Gasteiger partial charge < -0.3 is 13.6 Å². The number of aromatic nitrogens is 2. The van der Waals surface area contributed by atoms with Gasteiger partial charge >= 0.3 is 0 Å². The zero-order valence-electron chi connectivity index (χ0n) is 39.7. The normalized spacial score (nSPS) is 12.8. The molecule has 0 amide bonds. The Kier molecular flexibility index (Phi) is 8.51. The number of furan rings is 1. The van der Waals surface area contributed by atoms with Crippen LogP contribution in [0.3, 0.4) is 0 Å². The second-order valence-electron chi connectivity index (χ2n) is 20.5. The molecule has 0 aliphatic carbocycles. The minimum Gasteiger partial charge on any atom is -0.456 e. The van der Waals surface area contributed by atoms with Gasteiger partial charge in [-0.2, -0.15) is 0 Å². The van der Waals surface area contributed by atoms with Gasteiger partial charge in [0.05, 0.1) is 22.1 Å². The monoisotopic (exact) mass is 946 g/mol. The zero-order chi connectivity index (χ0) is 47.3. The van der Waals surface area contributed by atoms with Crippen LogP contribution in [0.4, 0.5) is 0 Å². The van der Waals surface area contributed by atoms with E-state index in [9.17, 15) is 0 Å². The van der Waals surface area contributed by atoms with Gasteiger partial charge in [-0.3, -0.25) is 0 Å². The van der Waals surface area contributed by atoms with Crippen molar-refractivity contribution in [2.75, 3.05) is 0 Å². The first-order valence-corrected chi connectivity index (χ1v) is 26.2. The molecule has 10 aromatic carbocycles. The van der Waals surface area contributed by atoms with E-state index in [-0.39, 0.29) is 10.8 Å². The maximum Gasteiger partial charge on any atom is 0.135 e. The third-order valence-corrected chi connectivity index (χ3v) is 18.2. The van der Waals surface area contributed by atoms with Gasteiger partial charge in [-0.1, -0.05) is 125 Å². The van der Waals surface area contributed by atoms with Crippen LogP contribution in [-0.2, 0) is 10.8 Å². The molecule has 0 radical (unpaired) electrons. The van der Waals surface area contributed by atoms with Crippen molar-refractivity contribution in [2.24, 2.45) is 0 Å². The Hall–Kier alpha value is -7.96. The fraction of sp³-hybridized carbons (Fsp3) is 0.0909. The number of thiophene rings is 2. The van der Waals surface area contributed by atoms with Gasteiger partial charge in [0.1, 0.15) is 11.2 Å². The zero-order valence-corrected chi connectivity index (χ0v) is 41.4. The number of hydrogen-bond donors (Lipinski definition) is 0. The van der Waals surface area contributed by atoms with Crippen LogP contribution in [0.25, 0.3) is 117 Å². The van der Waals surface area contributed by atoms with Crippen molar-refractivity contribution in [3.05, 3.63) is 229 Å². The first-order chi connectivity index (χ1) is 34.7. The fourth-order valence-electron chi connectivity index (χ4n) is 11.9. The average Bonchev–Trinajstić information content (AvgIpc) is 4.22. The lowest BCUT2D eigenvalue weighted by molar-refractivity contribution is 0.638. The smallest absolute Gasteiger partial charge is 0.135 e. The molecular formula is C66H46N2OS2. The lowest BCUT2D eigenvalue weighted by Crippen LogP contribution is -2.19. The van der Waals surface area contributed by atoms with Crippen molar-refractivity contribution in [3.63, 3.8) is 0 Å². The number of para-hydroxylation sites is 4. The Bertz CT molecular complexity index is 4320. The van der Waals surface area contributed by atoms with Crippen LogP contribution < -0.4 is 0 Å². The molecule has 0 aliphatic rings. The first kappa shape index (κ1) is 40.9. The van der Waals surface area contributed by atoms with Crippen LogP contribution in [0.1, 0.15) is 49.9 Å². The van der Waals surface area contributed by atoms with E-state index in [1.165, 1.54) is 118 Å². The lowest BCUT2D eigenvalue weighted by Gasteiger charge is -2.27. The Morgan fingerprint density at radius 2 is 0.592 bits per heavy atom. The van der Waals surface area contributed by atoms with Crippen molar-refractivity contribution < 1.29 is 4.42 Å². The minimum atomic E-state index is -0.276. The van der Waals surface area contributed by atoms with Gasteiger partial charge in [-0.05, 0) is 131 Å². The Morgan fingerprint density at radius 3 is 0.958 bits per heavy atom. The van der Waals surface area contributed by atoms with E-state index in [0.29, 0.717) is 0 Å². The van der Waals surface area contributed by atoms with E-state index in [1.54, 1.807) is 0 Å². The highest BCUT2D eigenvalue weighted by atomic mass is 32.1. The molecule has 0 N–H and O–H groups in total. The lowest BCUT2D eigenvalue weighted by atomic mass is 9.76. The van der Waals surface area contributed by atoms with Crippen molar-refractivity contribution >= 4 is 129 Å². The molecule has 338 valence electrons. The number of fused-ring (bicyclic) bond motifs is 15. The van der Waals surface area contributed by atoms with E-state index in [4.69, 9.17) is 4.42 Å². The Labute approximate surface area is 418 Å². The maximum atomic E-state index is 6.58. The summed E-state index contributed by atoms with van der Waals surface area (Å²) >= 11 is 3.75. The van der Waals surface area contributed by atoms with Crippen LogP contribution in [0.15, 0.2) is 211 Å². The Morgan fingerprint density at radius 1 is 0.296 bits per heavy atom. The van der Waals surface area contributed by atoms with Crippen LogP contribution in [0, 0.1) is 0 Å². The molecule has 15 rings (SSSR count). The summed E-state index contributed by atoms with van der Waals surface area (Å²) < 4.78 is 16.6. The summed E-state index contributed by atoms with van der Waals surface area (Å²) in [7, 11) is 0. The molecule has 5 aromatic heterocycles. The summed E-state index contributed by atoms with van der Waals surface area (Å²) in [5, 5.41) is 12.6. The third-order valence-electron chi connectivity index (χ3n) is 15.9. The fourth-order valence-corrected chi connectivity index (χ4v) is 14.0. The largest absolute Gasteiger partial charge is 0.456 e. The van der Waals surface area contributed by atoms with Crippen LogP contribution >= 0.6 is 22.7 Å². The number of rotatable bonds is 6. The molecule has 0 unspecified atom stereocenters. The molecule has 0 spiro atoms. The number of hydrogen-bond acceptors (Lipinski definition) is 3. The molecule has 0 saturated heterocycles. The summed E-state index contributed by atoms with van der Waals surface area (Å²) in [5.41, 5.74) is 13.7. The Balaban J connectivity index is 0.798. The molecule has 5 heteroatoms. The molecule has 71 heavy (non-hydrogen) atoms. The molecule has 5 heterocycles. The molecule has 3 nitrogen and oxygen atoms in total.